The standard InChI is InChI=1S/C12H12F5NO2S/c1-3-5-6(11(19)20)9(12(15,16)17)18-7(10(13)14)8(5)21-4-2/h10H,3-4H2,1-2H3,(H,19,20). The number of alkyl halides is 5. The van der Waals surface area contributed by atoms with E-state index >= 15 is 0 Å². The number of hydrogen-bond acceptors (Lipinski definition) is 3. The number of carboxylic acids is 1. The van der Waals surface area contributed by atoms with Crippen molar-refractivity contribution in [1.82, 2.24) is 4.98 Å². The Morgan fingerprint density at radius 1 is 1.33 bits per heavy atom. The van der Waals surface area contributed by atoms with Gasteiger partial charge < -0.3 is 5.11 Å². The summed E-state index contributed by atoms with van der Waals surface area (Å²) in [7, 11) is 0. The third kappa shape index (κ3) is 3.63. The number of carboxylic acid groups (broad SMARTS) is 1. The molecule has 1 rings (SSSR count). The van der Waals surface area contributed by atoms with Gasteiger partial charge in [-0.2, -0.15) is 13.2 Å². The molecule has 0 aromatic carbocycles. The highest BCUT2D eigenvalue weighted by Crippen LogP contribution is 2.40. The number of nitrogens with zero attached hydrogens (tertiary/aromatic N) is 1. The zero-order chi connectivity index (χ0) is 16.4. The third-order valence-electron chi connectivity index (χ3n) is 2.61. The average Bonchev–Trinajstić information content (AvgIpc) is 2.36. The van der Waals surface area contributed by atoms with Gasteiger partial charge in [-0.15, -0.1) is 11.8 Å². The van der Waals surface area contributed by atoms with Crippen molar-refractivity contribution in [3.8, 4) is 0 Å². The van der Waals surface area contributed by atoms with Crippen molar-refractivity contribution in [2.75, 3.05) is 5.75 Å². The molecule has 9 heteroatoms. The van der Waals surface area contributed by atoms with Crippen LogP contribution in [0.1, 0.15) is 47.6 Å². The van der Waals surface area contributed by atoms with E-state index in [9.17, 15) is 26.7 Å². The molecule has 0 aliphatic heterocycles. The fraction of sp³-hybridized carbons (Fsp3) is 0.500. The molecule has 0 fully saturated rings. The van der Waals surface area contributed by atoms with Crippen LogP contribution in [0.5, 0.6) is 0 Å². The summed E-state index contributed by atoms with van der Waals surface area (Å²) in [6.45, 7) is 3.04. The summed E-state index contributed by atoms with van der Waals surface area (Å²) in [4.78, 5) is 13.9. The Morgan fingerprint density at radius 2 is 1.90 bits per heavy atom. The maximum atomic E-state index is 13.0. The van der Waals surface area contributed by atoms with Gasteiger partial charge in [0.05, 0.1) is 5.56 Å². The van der Waals surface area contributed by atoms with Gasteiger partial charge in [-0.3, -0.25) is 0 Å². The lowest BCUT2D eigenvalue weighted by atomic mass is 10.0. The number of thioether (sulfide) groups is 1. The topological polar surface area (TPSA) is 50.2 Å². The van der Waals surface area contributed by atoms with Gasteiger partial charge in [-0.05, 0) is 17.7 Å². The zero-order valence-electron chi connectivity index (χ0n) is 11.1. The van der Waals surface area contributed by atoms with E-state index in [1.54, 1.807) is 6.92 Å². The van der Waals surface area contributed by atoms with Crippen LogP contribution in [0.3, 0.4) is 0 Å². The first-order valence-corrected chi connectivity index (χ1v) is 6.91. The third-order valence-corrected chi connectivity index (χ3v) is 3.64. The summed E-state index contributed by atoms with van der Waals surface area (Å²) in [5.74, 6) is -1.52. The molecule has 118 valence electrons. The van der Waals surface area contributed by atoms with Crippen molar-refractivity contribution in [1.29, 1.82) is 0 Å². The number of pyridine rings is 1. The molecule has 1 aromatic heterocycles. The number of halogens is 5. The van der Waals surface area contributed by atoms with Crippen LogP contribution in [0.25, 0.3) is 0 Å². The molecule has 0 saturated heterocycles. The predicted octanol–water partition coefficient (Wildman–Crippen LogP) is 4.41. The van der Waals surface area contributed by atoms with Gasteiger partial charge in [-0.1, -0.05) is 13.8 Å². The zero-order valence-corrected chi connectivity index (χ0v) is 11.9. The highest BCUT2D eigenvalue weighted by molar-refractivity contribution is 7.99. The molecule has 21 heavy (non-hydrogen) atoms. The highest BCUT2D eigenvalue weighted by atomic mass is 32.2. The lowest BCUT2D eigenvalue weighted by molar-refractivity contribution is -0.142. The van der Waals surface area contributed by atoms with E-state index in [1.165, 1.54) is 6.92 Å². The summed E-state index contributed by atoms with van der Waals surface area (Å²) in [5, 5.41) is 9.03. The first-order chi connectivity index (χ1) is 9.65. The van der Waals surface area contributed by atoms with E-state index in [2.05, 4.69) is 4.98 Å². The summed E-state index contributed by atoms with van der Waals surface area (Å²) in [6.07, 6.45) is -8.44. The predicted molar refractivity (Wildman–Crippen MR) is 66.9 cm³/mol. The molecule has 0 spiro atoms. The molecule has 1 aromatic rings. The summed E-state index contributed by atoms with van der Waals surface area (Å²) >= 11 is 0.859. The minimum atomic E-state index is -5.11. The molecular formula is C12H12F5NO2S. The Labute approximate surface area is 121 Å². The van der Waals surface area contributed by atoms with Crippen LogP contribution in [-0.4, -0.2) is 21.8 Å². The molecule has 0 unspecified atom stereocenters. The number of aromatic nitrogens is 1. The van der Waals surface area contributed by atoms with E-state index in [4.69, 9.17) is 5.11 Å². The Hall–Kier alpha value is -1.38. The summed E-state index contributed by atoms with van der Waals surface area (Å²) in [6, 6.07) is 0. The normalized spacial score (nSPS) is 12.0. The van der Waals surface area contributed by atoms with Crippen molar-refractivity contribution >= 4 is 17.7 Å². The summed E-state index contributed by atoms with van der Waals surface area (Å²) in [5.41, 5.74) is -4.10. The maximum absolute atomic E-state index is 13.0. The molecule has 0 amide bonds. The van der Waals surface area contributed by atoms with E-state index in [0.29, 0.717) is 5.75 Å². The molecule has 0 aliphatic rings. The Morgan fingerprint density at radius 3 is 2.24 bits per heavy atom. The maximum Gasteiger partial charge on any atom is 0.434 e. The van der Waals surface area contributed by atoms with Crippen molar-refractivity contribution in [3.05, 3.63) is 22.5 Å². The van der Waals surface area contributed by atoms with Gasteiger partial charge in [0.2, 0.25) is 0 Å². The number of aromatic carboxylic acids is 1. The summed E-state index contributed by atoms with van der Waals surface area (Å²) < 4.78 is 64.7. The fourth-order valence-electron chi connectivity index (χ4n) is 1.86. The van der Waals surface area contributed by atoms with Crippen LogP contribution in [0.4, 0.5) is 22.0 Å². The number of carbonyl (C=O) groups is 1. The largest absolute Gasteiger partial charge is 0.478 e. The second-order valence-electron chi connectivity index (χ2n) is 3.92. The molecule has 1 heterocycles. The van der Waals surface area contributed by atoms with E-state index in [1.807, 2.05) is 0 Å². The van der Waals surface area contributed by atoms with E-state index in [-0.39, 0.29) is 16.9 Å². The molecule has 3 nitrogen and oxygen atoms in total. The van der Waals surface area contributed by atoms with Crippen LogP contribution in [0.2, 0.25) is 0 Å². The van der Waals surface area contributed by atoms with Crippen LogP contribution in [0, 0.1) is 0 Å². The van der Waals surface area contributed by atoms with Crippen LogP contribution >= 0.6 is 11.8 Å². The van der Waals surface area contributed by atoms with Crippen LogP contribution in [-0.2, 0) is 12.6 Å². The van der Waals surface area contributed by atoms with Gasteiger partial charge in [0.25, 0.3) is 6.43 Å². The molecule has 0 aliphatic carbocycles. The Kier molecular flexibility index (Phi) is 5.54. The first kappa shape index (κ1) is 17.7. The van der Waals surface area contributed by atoms with E-state index < -0.39 is 35.5 Å². The minimum Gasteiger partial charge on any atom is -0.478 e. The molecule has 1 N–H and O–H groups in total. The second-order valence-corrected chi connectivity index (χ2v) is 5.19. The van der Waals surface area contributed by atoms with Crippen molar-refractivity contribution in [3.63, 3.8) is 0 Å². The quantitative estimate of drug-likeness (QED) is 0.642. The number of hydrogen-bond donors (Lipinski definition) is 1. The van der Waals surface area contributed by atoms with Gasteiger partial charge in [0.15, 0.2) is 5.69 Å². The number of rotatable bonds is 5. The monoisotopic (exact) mass is 329 g/mol. The van der Waals surface area contributed by atoms with E-state index in [0.717, 1.165) is 11.8 Å². The van der Waals surface area contributed by atoms with Gasteiger partial charge in [-0.25, -0.2) is 18.6 Å². The molecule has 0 bridgehead atoms. The van der Waals surface area contributed by atoms with Crippen LogP contribution < -0.4 is 0 Å². The Bertz CT molecular complexity index is 545. The molecule has 0 radical (unpaired) electrons. The minimum absolute atomic E-state index is 0.116. The van der Waals surface area contributed by atoms with Crippen LogP contribution in [0.15, 0.2) is 4.90 Å². The average molecular weight is 329 g/mol. The highest BCUT2D eigenvalue weighted by Gasteiger charge is 2.41. The SMILES string of the molecule is CCSc1c(C(F)F)nc(C(F)(F)F)c(C(=O)O)c1CC. The smallest absolute Gasteiger partial charge is 0.434 e. The fourth-order valence-corrected chi connectivity index (χ4v) is 2.86. The van der Waals surface area contributed by atoms with Gasteiger partial charge in [0.1, 0.15) is 5.69 Å². The molecule has 0 saturated carbocycles. The van der Waals surface area contributed by atoms with Gasteiger partial charge in [0, 0.05) is 4.90 Å². The van der Waals surface area contributed by atoms with Crippen molar-refractivity contribution in [2.45, 2.75) is 37.8 Å². The van der Waals surface area contributed by atoms with Crippen molar-refractivity contribution in [2.24, 2.45) is 0 Å². The molecule has 0 atom stereocenters. The first-order valence-electron chi connectivity index (χ1n) is 5.93. The Balaban J connectivity index is 3.83. The van der Waals surface area contributed by atoms with Gasteiger partial charge >= 0.3 is 12.1 Å². The molecular weight excluding hydrogens is 317 g/mol. The van der Waals surface area contributed by atoms with Crippen molar-refractivity contribution < 1.29 is 31.9 Å². The second kappa shape index (κ2) is 6.59. The lowest BCUT2D eigenvalue weighted by Gasteiger charge is -2.19. The lowest BCUT2D eigenvalue weighted by Crippen LogP contribution is -2.20.